The van der Waals surface area contributed by atoms with Gasteiger partial charge in [-0.1, -0.05) is 11.6 Å². The molecule has 0 radical (unpaired) electrons. The molecule has 0 aromatic carbocycles. The summed E-state index contributed by atoms with van der Waals surface area (Å²) in [6.07, 6.45) is 3.48. The summed E-state index contributed by atoms with van der Waals surface area (Å²) in [5.41, 5.74) is 3.40. The van der Waals surface area contributed by atoms with E-state index in [0.29, 0.717) is 12.0 Å². The van der Waals surface area contributed by atoms with Crippen molar-refractivity contribution in [3.8, 4) is 0 Å². The molecule has 0 saturated heterocycles. The van der Waals surface area contributed by atoms with Crippen LogP contribution in [-0.4, -0.2) is 0 Å². The van der Waals surface area contributed by atoms with E-state index < -0.39 is 11.7 Å². The van der Waals surface area contributed by atoms with E-state index in [4.69, 9.17) is 0 Å². The fourth-order valence-corrected chi connectivity index (χ4v) is 0.920. The van der Waals surface area contributed by atoms with Crippen LogP contribution < -0.4 is 0 Å². The second kappa shape index (κ2) is 3.51. The summed E-state index contributed by atoms with van der Waals surface area (Å²) in [4.78, 5) is 0. The molecule has 1 aliphatic carbocycles. The summed E-state index contributed by atoms with van der Waals surface area (Å²) in [7, 11) is 0. The number of allylic oxidation sites excluding steroid dienone is 5. The van der Waals surface area contributed by atoms with Gasteiger partial charge in [0.15, 0.2) is 11.7 Å². The minimum absolute atomic E-state index is 0.481. The van der Waals surface area contributed by atoms with Crippen LogP contribution in [0.1, 0.15) is 20.3 Å². The molecule has 0 saturated carbocycles. The molecule has 2 heteroatoms. The SMILES string of the molecule is C/C1=C(\C)C(F)=C=C(F)/C=C\C1. The van der Waals surface area contributed by atoms with Gasteiger partial charge in [-0.2, -0.15) is 8.78 Å². The minimum atomic E-state index is -0.653. The van der Waals surface area contributed by atoms with Gasteiger partial charge in [0.2, 0.25) is 0 Å². The van der Waals surface area contributed by atoms with Crippen LogP contribution in [0.2, 0.25) is 0 Å². The highest BCUT2D eigenvalue weighted by atomic mass is 19.1. The molecular formula is C10H10F2. The fourth-order valence-electron chi connectivity index (χ4n) is 0.920. The lowest BCUT2D eigenvalue weighted by molar-refractivity contribution is 0.630. The Balaban J connectivity index is 3.25. The topological polar surface area (TPSA) is 0 Å². The molecular weight excluding hydrogens is 158 g/mol. The Morgan fingerprint density at radius 1 is 1.33 bits per heavy atom. The Bertz CT molecular complexity index is 313. The zero-order chi connectivity index (χ0) is 9.14. The Kier molecular flexibility index (Phi) is 2.61. The lowest BCUT2D eigenvalue weighted by Crippen LogP contribution is -1.86. The van der Waals surface area contributed by atoms with Crippen molar-refractivity contribution in [2.75, 3.05) is 0 Å². The van der Waals surface area contributed by atoms with Gasteiger partial charge in [0.05, 0.1) is 0 Å². The van der Waals surface area contributed by atoms with Crippen molar-refractivity contribution in [1.29, 1.82) is 0 Å². The minimum Gasteiger partial charge on any atom is -0.198 e. The van der Waals surface area contributed by atoms with Gasteiger partial charge in [-0.25, -0.2) is 0 Å². The molecule has 0 heterocycles. The van der Waals surface area contributed by atoms with E-state index in [2.05, 4.69) is 0 Å². The van der Waals surface area contributed by atoms with Crippen molar-refractivity contribution in [1.82, 2.24) is 0 Å². The molecule has 0 aliphatic heterocycles. The Morgan fingerprint density at radius 2 is 2.00 bits per heavy atom. The lowest BCUT2D eigenvalue weighted by Gasteiger charge is -2.02. The average molecular weight is 168 g/mol. The predicted octanol–water partition coefficient (Wildman–Crippen LogP) is 3.59. The molecule has 0 N–H and O–H groups in total. The second-order valence-corrected chi connectivity index (χ2v) is 2.80. The first-order valence-electron chi connectivity index (χ1n) is 3.76. The van der Waals surface area contributed by atoms with Crippen LogP contribution in [0.5, 0.6) is 0 Å². The van der Waals surface area contributed by atoms with Gasteiger partial charge in [-0.15, -0.1) is 0 Å². The van der Waals surface area contributed by atoms with Crippen LogP contribution in [0.3, 0.4) is 0 Å². The Hall–Kier alpha value is -1.14. The Labute approximate surface area is 70.6 Å². The standard InChI is InChI=1S/C10H10F2/c1-7-4-3-5-9(11)6-10(12)8(7)2/h3,5H,4H2,1-2H3/b5-3-,8-7-. The molecule has 0 unspecified atom stereocenters. The third kappa shape index (κ3) is 1.93. The fraction of sp³-hybridized carbons (Fsp3) is 0.300. The molecule has 0 aromatic rings. The summed E-state index contributed by atoms with van der Waals surface area (Å²) >= 11 is 0. The van der Waals surface area contributed by atoms with Crippen molar-refractivity contribution in [3.63, 3.8) is 0 Å². The van der Waals surface area contributed by atoms with Gasteiger partial charge in [0.25, 0.3) is 0 Å². The molecule has 12 heavy (non-hydrogen) atoms. The molecule has 64 valence electrons. The van der Waals surface area contributed by atoms with Crippen molar-refractivity contribution in [2.45, 2.75) is 20.3 Å². The van der Waals surface area contributed by atoms with E-state index >= 15 is 0 Å². The maximum absolute atomic E-state index is 13.0. The zero-order valence-electron chi connectivity index (χ0n) is 7.12. The summed E-state index contributed by atoms with van der Waals surface area (Å²) in [5.74, 6) is -1.26. The largest absolute Gasteiger partial charge is 0.198 e. The highest BCUT2D eigenvalue weighted by Crippen LogP contribution is 2.20. The molecule has 0 spiro atoms. The summed E-state index contributed by atoms with van der Waals surface area (Å²) in [5, 5.41) is 0. The second-order valence-electron chi connectivity index (χ2n) is 2.80. The van der Waals surface area contributed by atoms with E-state index in [9.17, 15) is 8.78 Å². The highest BCUT2D eigenvalue weighted by molar-refractivity contribution is 5.32. The van der Waals surface area contributed by atoms with E-state index in [1.54, 1.807) is 13.0 Å². The predicted molar refractivity (Wildman–Crippen MR) is 44.9 cm³/mol. The van der Waals surface area contributed by atoms with Crippen molar-refractivity contribution in [3.05, 3.63) is 40.7 Å². The van der Waals surface area contributed by atoms with Crippen LogP contribution in [-0.2, 0) is 0 Å². The molecule has 0 bridgehead atoms. The van der Waals surface area contributed by atoms with Crippen molar-refractivity contribution in [2.24, 2.45) is 0 Å². The molecule has 1 aliphatic rings. The number of halogens is 2. The maximum atomic E-state index is 13.0. The van der Waals surface area contributed by atoms with E-state index in [0.717, 1.165) is 5.57 Å². The van der Waals surface area contributed by atoms with Gasteiger partial charge >= 0.3 is 0 Å². The summed E-state index contributed by atoms with van der Waals surface area (Å²) in [6, 6.07) is 0. The van der Waals surface area contributed by atoms with E-state index in [1.807, 2.05) is 12.7 Å². The molecule has 1 rings (SSSR count). The van der Waals surface area contributed by atoms with Gasteiger partial charge < -0.3 is 0 Å². The quantitative estimate of drug-likeness (QED) is 0.485. The molecule has 0 nitrogen and oxygen atoms in total. The van der Waals surface area contributed by atoms with Crippen LogP contribution in [0.4, 0.5) is 8.78 Å². The third-order valence-electron chi connectivity index (χ3n) is 1.89. The van der Waals surface area contributed by atoms with Crippen molar-refractivity contribution >= 4 is 0 Å². The smallest absolute Gasteiger partial charge is 0.171 e. The maximum Gasteiger partial charge on any atom is 0.171 e. The van der Waals surface area contributed by atoms with Gasteiger partial charge in [-0.3, -0.25) is 0 Å². The average Bonchev–Trinajstić information content (AvgIpc) is 2.01. The summed E-state index contributed by atoms with van der Waals surface area (Å²) in [6.45, 7) is 3.45. The zero-order valence-corrected chi connectivity index (χ0v) is 7.12. The van der Waals surface area contributed by atoms with Crippen LogP contribution in [0, 0.1) is 0 Å². The first-order chi connectivity index (χ1) is 5.61. The molecule has 0 aromatic heterocycles. The molecule has 0 atom stereocenters. The number of hydrogen-bond acceptors (Lipinski definition) is 0. The molecule has 0 fully saturated rings. The van der Waals surface area contributed by atoms with E-state index in [-0.39, 0.29) is 0 Å². The first kappa shape index (κ1) is 8.95. The Morgan fingerprint density at radius 3 is 2.67 bits per heavy atom. The monoisotopic (exact) mass is 168 g/mol. The third-order valence-corrected chi connectivity index (χ3v) is 1.89. The molecule has 0 amide bonds. The van der Waals surface area contributed by atoms with Gasteiger partial charge in [0, 0.05) is 0 Å². The highest BCUT2D eigenvalue weighted by Gasteiger charge is 2.04. The van der Waals surface area contributed by atoms with Crippen LogP contribution >= 0.6 is 0 Å². The van der Waals surface area contributed by atoms with Crippen LogP contribution in [0.15, 0.2) is 40.7 Å². The number of rotatable bonds is 0. The lowest BCUT2D eigenvalue weighted by atomic mass is 10.1. The van der Waals surface area contributed by atoms with Gasteiger partial charge in [0.1, 0.15) is 0 Å². The normalized spacial score (nSPS) is 27.0. The van der Waals surface area contributed by atoms with Gasteiger partial charge in [-0.05, 0) is 37.6 Å². The number of hydrogen-bond donors (Lipinski definition) is 0. The van der Waals surface area contributed by atoms with E-state index in [1.165, 1.54) is 6.08 Å². The summed E-state index contributed by atoms with van der Waals surface area (Å²) < 4.78 is 25.6. The van der Waals surface area contributed by atoms with Crippen LogP contribution in [0.25, 0.3) is 0 Å². The first-order valence-corrected chi connectivity index (χ1v) is 3.76. The van der Waals surface area contributed by atoms with Crippen molar-refractivity contribution < 1.29 is 8.78 Å².